The van der Waals surface area contributed by atoms with Crippen LogP contribution < -0.4 is 10.0 Å². The van der Waals surface area contributed by atoms with Crippen molar-refractivity contribution in [3.63, 3.8) is 0 Å². The number of hydrogen-bond acceptors (Lipinski definition) is 3. The Labute approximate surface area is 86.5 Å². The Hall–Kier alpha value is -0.130. The molecule has 0 saturated carbocycles. The fourth-order valence-corrected chi connectivity index (χ4v) is 3.28. The van der Waals surface area contributed by atoms with Gasteiger partial charge in [0.15, 0.2) is 0 Å². The molecule has 0 spiro atoms. The predicted octanol–water partition coefficient (Wildman–Crippen LogP) is 0.456. The van der Waals surface area contributed by atoms with Gasteiger partial charge in [0.05, 0.1) is 5.25 Å². The molecule has 0 aromatic carbocycles. The van der Waals surface area contributed by atoms with E-state index < -0.39 is 10.0 Å². The van der Waals surface area contributed by atoms with E-state index in [1.165, 1.54) is 0 Å². The molecule has 1 heterocycles. The molecule has 84 valence electrons. The lowest BCUT2D eigenvalue weighted by Crippen LogP contribution is -2.46. The van der Waals surface area contributed by atoms with Crippen molar-refractivity contribution in [3.05, 3.63) is 0 Å². The number of rotatable bonds is 4. The van der Waals surface area contributed by atoms with E-state index >= 15 is 0 Å². The van der Waals surface area contributed by atoms with Gasteiger partial charge in [0, 0.05) is 12.6 Å². The monoisotopic (exact) mass is 220 g/mol. The van der Waals surface area contributed by atoms with E-state index in [2.05, 4.69) is 10.0 Å². The first-order valence-corrected chi connectivity index (χ1v) is 6.82. The molecule has 1 aliphatic heterocycles. The summed E-state index contributed by atoms with van der Waals surface area (Å²) in [6.07, 6.45) is 2.56. The first-order chi connectivity index (χ1) is 6.56. The third-order valence-electron chi connectivity index (χ3n) is 2.67. The number of piperidine rings is 1. The largest absolute Gasteiger partial charge is 0.315 e. The highest BCUT2D eigenvalue weighted by Crippen LogP contribution is 2.11. The minimum Gasteiger partial charge on any atom is -0.315 e. The van der Waals surface area contributed by atoms with Crippen molar-refractivity contribution in [2.24, 2.45) is 0 Å². The van der Waals surface area contributed by atoms with Crippen LogP contribution >= 0.6 is 0 Å². The number of hydrogen-bond donors (Lipinski definition) is 2. The van der Waals surface area contributed by atoms with Gasteiger partial charge in [-0.3, -0.25) is 0 Å². The van der Waals surface area contributed by atoms with E-state index in [1.807, 2.05) is 13.8 Å². The molecule has 1 rings (SSSR count). The molecule has 1 fully saturated rings. The smallest absolute Gasteiger partial charge is 0.215 e. The van der Waals surface area contributed by atoms with Gasteiger partial charge in [-0.1, -0.05) is 6.92 Å². The summed E-state index contributed by atoms with van der Waals surface area (Å²) < 4.78 is 26.3. The van der Waals surface area contributed by atoms with Gasteiger partial charge in [-0.2, -0.15) is 0 Å². The summed E-state index contributed by atoms with van der Waals surface area (Å²) in [5.74, 6) is 0. The molecular weight excluding hydrogens is 200 g/mol. The Morgan fingerprint density at radius 3 is 2.79 bits per heavy atom. The van der Waals surface area contributed by atoms with Crippen molar-refractivity contribution in [1.82, 2.24) is 10.0 Å². The summed E-state index contributed by atoms with van der Waals surface area (Å²) >= 11 is 0. The maximum absolute atomic E-state index is 11.8. The Bertz CT molecular complexity index is 258. The Balaban J connectivity index is 2.54. The topological polar surface area (TPSA) is 58.2 Å². The highest BCUT2D eigenvalue weighted by molar-refractivity contribution is 7.90. The molecule has 2 N–H and O–H groups in total. The average Bonchev–Trinajstić information content (AvgIpc) is 2.18. The molecule has 2 atom stereocenters. The van der Waals surface area contributed by atoms with Crippen molar-refractivity contribution >= 4 is 10.0 Å². The van der Waals surface area contributed by atoms with Crippen LogP contribution in [0.4, 0.5) is 0 Å². The highest BCUT2D eigenvalue weighted by atomic mass is 32.2. The average molecular weight is 220 g/mol. The van der Waals surface area contributed by atoms with Crippen LogP contribution in [0.2, 0.25) is 0 Å². The van der Waals surface area contributed by atoms with Crippen LogP contribution in [0.3, 0.4) is 0 Å². The molecule has 1 saturated heterocycles. The quantitative estimate of drug-likeness (QED) is 0.723. The Morgan fingerprint density at radius 2 is 2.29 bits per heavy atom. The van der Waals surface area contributed by atoms with Crippen LogP contribution in [-0.2, 0) is 10.0 Å². The van der Waals surface area contributed by atoms with Crippen LogP contribution in [0.5, 0.6) is 0 Å². The van der Waals surface area contributed by atoms with Crippen LogP contribution in [0, 0.1) is 0 Å². The van der Waals surface area contributed by atoms with Gasteiger partial charge in [0.1, 0.15) is 0 Å². The maximum Gasteiger partial charge on any atom is 0.215 e. The SMILES string of the molecule is CCC(C)NS(=O)(=O)C1CCCNC1. The maximum atomic E-state index is 11.8. The zero-order valence-corrected chi connectivity index (χ0v) is 9.73. The van der Waals surface area contributed by atoms with Gasteiger partial charge in [-0.05, 0) is 32.7 Å². The standard InChI is InChI=1S/C9H20N2O2S/c1-3-8(2)11-14(12,13)9-5-4-6-10-7-9/h8-11H,3-7H2,1-2H3. The lowest BCUT2D eigenvalue weighted by molar-refractivity contribution is 0.482. The van der Waals surface area contributed by atoms with Crippen LogP contribution in [-0.4, -0.2) is 32.8 Å². The van der Waals surface area contributed by atoms with Crippen molar-refractivity contribution in [1.29, 1.82) is 0 Å². The van der Waals surface area contributed by atoms with E-state index in [4.69, 9.17) is 0 Å². The molecule has 4 nitrogen and oxygen atoms in total. The van der Waals surface area contributed by atoms with Crippen molar-refractivity contribution in [2.45, 2.75) is 44.4 Å². The third kappa shape index (κ3) is 3.22. The molecule has 0 bridgehead atoms. The summed E-state index contributed by atoms with van der Waals surface area (Å²) in [6.45, 7) is 5.40. The van der Waals surface area contributed by atoms with E-state index in [-0.39, 0.29) is 11.3 Å². The second-order valence-corrected chi connectivity index (χ2v) is 5.93. The lowest BCUT2D eigenvalue weighted by atomic mass is 10.2. The molecule has 14 heavy (non-hydrogen) atoms. The van der Waals surface area contributed by atoms with Gasteiger partial charge >= 0.3 is 0 Å². The van der Waals surface area contributed by atoms with Crippen LogP contribution in [0.15, 0.2) is 0 Å². The van der Waals surface area contributed by atoms with E-state index in [0.717, 1.165) is 25.8 Å². The molecule has 5 heteroatoms. The first kappa shape index (κ1) is 11.9. The first-order valence-electron chi connectivity index (χ1n) is 5.28. The van der Waals surface area contributed by atoms with Gasteiger partial charge in [-0.25, -0.2) is 13.1 Å². The second-order valence-electron chi connectivity index (χ2n) is 3.94. The zero-order chi connectivity index (χ0) is 10.6. The van der Waals surface area contributed by atoms with Crippen LogP contribution in [0.25, 0.3) is 0 Å². The molecule has 0 aliphatic carbocycles. The zero-order valence-electron chi connectivity index (χ0n) is 8.91. The van der Waals surface area contributed by atoms with E-state index in [0.29, 0.717) is 6.54 Å². The minimum absolute atomic E-state index is 0.0435. The van der Waals surface area contributed by atoms with Crippen molar-refractivity contribution in [2.75, 3.05) is 13.1 Å². The summed E-state index contributed by atoms with van der Waals surface area (Å²) in [5, 5.41) is 2.87. The van der Waals surface area contributed by atoms with Gasteiger partial charge < -0.3 is 5.32 Å². The molecule has 0 aromatic rings. The molecule has 0 radical (unpaired) electrons. The summed E-state index contributed by atoms with van der Waals surface area (Å²) in [4.78, 5) is 0. The Morgan fingerprint density at radius 1 is 1.57 bits per heavy atom. The Kier molecular flexibility index (Phi) is 4.34. The second kappa shape index (κ2) is 5.09. The van der Waals surface area contributed by atoms with Gasteiger partial charge in [0.25, 0.3) is 0 Å². The molecule has 0 aromatic heterocycles. The summed E-state index contributed by atoms with van der Waals surface area (Å²) in [6, 6.07) is 0.0435. The van der Waals surface area contributed by atoms with Crippen LogP contribution in [0.1, 0.15) is 33.1 Å². The number of nitrogens with one attached hydrogen (secondary N) is 2. The molecule has 1 aliphatic rings. The number of sulfonamides is 1. The lowest BCUT2D eigenvalue weighted by Gasteiger charge is -2.24. The van der Waals surface area contributed by atoms with E-state index in [1.54, 1.807) is 0 Å². The van der Waals surface area contributed by atoms with Crippen molar-refractivity contribution < 1.29 is 8.42 Å². The summed E-state index contributed by atoms with van der Waals surface area (Å²) in [7, 11) is -3.11. The molecule has 2 unspecified atom stereocenters. The fourth-order valence-electron chi connectivity index (χ4n) is 1.54. The van der Waals surface area contributed by atoms with Gasteiger partial charge in [-0.15, -0.1) is 0 Å². The summed E-state index contributed by atoms with van der Waals surface area (Å²) in [5.41, 5.74) is 0. The molecule has 0 amide bonds. The predicted molar refractivity (Wildman–Crippen MR) is 57.7 cm³/mol. The van der Waals surface area contributed by atoms with Gasteiger partial charge in [0.2, 0.25) is 10.0 Å². The molecular formula is C9H20N2O2S. The van der Waals surface area contributed by atoms with E-state index in [9.17, 15) is 8.42 Å². The van der Waals surface area contributed by atoms with Crippen molar-refractivity contribution in [3.8, 4) is 0 Å². The highest BCUT2D eigenvalue weighted by Gasteiger charge is 2.27. The third-order valence-corrected chi connectivity index (χ3v) is 4.68. The minimum atomic E-state index is -3.11. The normalized spacial score (nSPS) is 26.0. The fraction of sp³-hybridized carbons (Fsp3) is 1.00.